The average Bonchev–Trinajstić information content (AvgIpc) is 2.41. The third-order valence-corrected chi connectivity index (χ3v) is 3.71. The van der Waals surface area contributed by atoms with Gasteiger partial charge in [-0.25, -0.2) is 4.39 Å². The van der Waals surface area contributed by atoms with Crippen molar-refractivity contribution in [1.29, 1.82) is 0 Å². The Labute approximate surface area is 134 Å². The van der Waals surface area contributed by atoms with Crippen LogP contribution in [-0.2, 0) is 0 Å². The Hall–Kier alpha value is -1.34. The first-order chi connectivity index (χ1) is 9.51. The topological polar surface area (TPSA) is 38.3 Å². The Kier molecular flexibility index (Phi) is 4.82. The zero-order valence-corrected chi connectivity index (χ0v) is 13.3. The van der Waals surface area contributed by atoms with Crippen LogP contribution >= 0.6 is 34.2 Å². The van der Waals surface area contributed by atoms with Gasteiger partial charge in [0.25, 0.3) is 5.91 Å². The molecule has 0 bridgehead atoms. The SMILES string of the molecule is COc1ccc(Cl)cc1C(=O)Nc1ccc(F)cc1I. The molecule has 0 aliphatic carbocycles. The summed E-state index contributed by atoms with van der Waals surface area (Å²) in [5, 5.41) is 3.14. The third-order valence-electron chi connectivity index (χ3n) is 2.59. The van der Waals surface area contributed by atoms with E-state index in [9.17, 15) is 9.18 Å². The summed E-state index contributed by atoms with van der Waals surface area (Å²) in [7, 11) is 1.47. The number of amides is 1. The molecule has 2 aromatic rings. The molecule has 0 spiro atoms. The quantitative estimate of drug-likeness (QED) is 0.771. The Morgan fingerprint density at radius 1 is 1.30 bits per heavy atom. The van der Waals surface area contributed by atoms with Gasteiger partial charge in [0.15, 0.2) is 0 Å². The fourth-order valence-electron chi connectivity index (χ4n) is 1.64. The third kappa shape index (κ3) is 3.40. The Morgan fingerprint density at radius 3 is 2.70 bits per heavy atom. The fourth-order valence-corrected chi connectivity index (χ4v) is 2.42. The molecule has 0 radical (unpaired) electrons. The highest BCUT2D eigenvalue weighted by atomic mass is 127. The van der Waals surface area contributed by atoms with Crippen LogP contribution in [0.15, 0.2) is 36.4 Å². The molecule has 2 aromatic carbocycles. The number of anilines is 1. The molecule has 0 heterocycles. The summed E-state index contributed by atoms with van der Waals surface area (Å²) in [4.78, 5) is 12.2. The predicted molar refractivity (Wildman–Crippen MR) is 85.1 cm³/mol. The van der Waals surface area contributed by atoms with Crippen molar-refractivity contribution in [2.75, 3.05) is 12.4 Å². The first-order valence-corrected chi connectivity index (χ1v) is 7.07. The van der Waals surface area contributed by atoms with Crippen LogP contribution in [0.4, 0.5) is 10.1 Å². The molecule has 0 aliphatic rings. The first-order valence-electron chi connectivity index (χ1n) is 5.61. The number of methoxy groups -OCH3 is 1. The molecule has 0 aliphatic heterocycles. The van der Waals surface area contributed by atoms with Crippen molar-refractivity contribution in [3.05, 3.63) is 56.4 Å². The van der Waals surface area contributed by atoms with E-state index in [4.69, 9.17) is 16.3 Å². The number of benzene rings is 2. The number of hydrogen-bond acceptors (Lipinski definition) is 2. The van der Waals surface area contributed by atoms with Crippen LogP contribution < -0.4 is 10.1 Å². The smallest absolute Gasteiger partial charge is 0.259 e. The number of nitrogens with one attached hydrogen (secondary N) is 1. The van der Waals surface area contributed by atoms with Gasteiger partial charge in [-0.3, -0.25) is 4.79 Å². The molecular formula is C14H10ClFINO2. The minimum absolute atomic E-state index is 0.320. The van der Waals surface area contributed by atoms with Crippen LogP contribution in [0.1, 0.15) is 10.4 Å². The van der Waals surface area contributed by atoms with Crippen LogP contribution in [-0.4, -0.2) is 13.0 Å². The highest BCUT2D eigenvalue weighted by Gasteiger charge is 2.14. The lowest BCUT2D eigenvalue weighted by Gasteiger charge is -2.11. The van der Waals surface area contributed by atoms with Gasteiger partial charge in [-0.1, -0.05) is 11.6 Å². The van der Waals surface area contributed by atoms with E-state index in [2.05, 4.69) is 5.32 Å². The molecule has 0 saturated heterocycles. The van der Waals surface area contributed by atoms with Crippen molar-refractivity contribution in [2.45, 2.75) is 0 Å². The van der Waals surface area contributed by atoms with Gasteiger partial charge in [0.05, 0.1) is 18.4 Å². The van der Waals surface area contributed by atoms with E-state index >= 15 is 0 Å². The molecule has 6 heteroatoms. The first kappa shape index (κ1) is 15.1. The summed E-state index contributed by atoms with van der Waals surface area (Å²) in [6, 6.07) is 8.90. The van der Waals surface area contributed by atoms with Crippen molar-refractivity contribution in [2.24, 2.45) is 0 Å². The normalized spacial score (nSPS) is 10.2. The summed E-state index contributed by atoms with van der Waals surface area (Å²) in [6.45, 7) is 0. The summed E-state index contributed by atoms with van der Waals surface area (Å²) < 4.78 is 18.8. The van der Waals surface area contributed by atoms with Gasteiger partial charge in [0.1, 0.15) is 11.6 Å². The standard InChI is InChI=1S/C14H10ClFINO2/c1-20-13-5-2-8(15)6-10(13)14(19)18-12-4-3-9(16)7-11(12)17/h2-7H,1H3,(H,18,19). The van der Waals surface area contributed by atoms with Crippen LogP contribution in [0.25, 0.3) is 0 Å². The van der Waals surface area contributed by atoms with E-state index in [0.717, 1.165) is 0 Å². The molecule has 20 heavy (non-hydrogen) atoms. The average molecular weight is 406 g/mol. The van der Waals surface area contributed by atoms with Gasteiger partial charge in [-0.05, 0) is 59.0 Å². The number of halogens is 3. The fraction of sp³-hybridized carbons (Fsp3) is 0.0714. The van der Waals surface area contributed by atoms with E-state index in [0.29, 0.717) is 25.6 Å². The number of hydrogen-bond donors (Lipinski definition) is 1. The molecule has 104 valence electrons. The van der Waals surface area contributed by atoms with Crippen molar-refractivity contribution in [3.63, 3.8) is 0 Å². The molecule has 0 saturated carbocycles. The number of carbonyl (C=O) groups is 1. The van der Waals surface area contributed by atoms with Gasteiger partial charge in [0.2, 0.25) is 0 Å². The largest absolute Gasteiger partial charge is 0.496 e. The van der Waals surface area contributed by atoms with Crippen molar-refractivity contribution in [1.82, 2.24) is 0 Å². The van der Waals surface area contributed by atoms with E-state index in [1.807, 2.05) is 22.6 Å². The lowest BCUT2D eigenvalue weighted by molar-refractivity contribution is 0.102. The second kappa shape index (κ2) is 6.41. The Balaban J connectivity index is 2.30. The second-order valence-electron chi connectivity index (χ2n) is 3.92. The Morgan fingerprint density at radius 2 is 2.05 bits per heavy atom. The van der Waals surface area contributed by atoms with Crippen LogP contribution in [0.2, 0.25) is 5.02 Å². The zero-order chi connectivity index (χ0) is 14.7. The van der Waals surface area contributed by atoms with Crippen LogP contribution in [0, 0.1) is 9.39 Å². The maximum Gasteiger partial charge on any atom is 0.259 e. The van der Waals surface area contributed by atoms with Crippen molar-refractivity contribution >= 4 is 45.8 Å². The second-order valence-corrected chi connectivity index (χ2v) is 5.52. The predicted octanol–water partition coefficient (Wildman–Crippen LogP) is 4.34. The molecule has 0 unspecified atom stereocenters. The summed E-state index contributed by atoms with van der Waals surface area (Å²) in [6.07, 6.45) is 0. The lowest BCUT2D eigenvalue weighted by Crippen LogP contribution is -2.14. The van der Waals surface area contributed by atoms with Gasteiger partial charge in [0, 0.05) is 8.59 Å². The molecule has 1 amide bonds. The molecule has 2 rings (SSSR count). The molecule has 3 nitrogen and oxygen atoms in total. The highest BCUT2D eigenvalue weighted by molar-refractivity contribution is 14.1. The van der Waals surface area contributed by atoms with Crippen LogP contribution in [0.3, 0.4) is 0 Å². The van der Waals surface area contributed by atoms with Gasteiger partial charge in [-0.2, -0.15) is 0 Å². The minimum atomic E-state index is -0.367. The van der Waals surface area contributed by atoms with Crippen LogP contribution in [0.5, 0.6) is 5.75 Å². The molecular weight excluding hydrogens is 396 g/mol. The van der Waals surface area contributed by atoms with E-state index in [1.165, 1.54) is 31.4 Å². The van der Waals surface area contributed by atoms with E-state index in [1.54, 1.807) is 12.1 Å². The van der Waals surface area contributed by atoms with Crippen molar-refractivity contribution < 1.29 is 13.9 Å². The maximum absolute atomic E-state index is 13.0. The van der Waals surface area contributed by atoms with Gasteiger partial charge >= 0.3 is 0 Å². The highest BCUT2D eigenvalue weighted by Crippen LogP contribution is 2.25. The summed E-state index contributed by atoms with van der Waals surface area (Å²) >= 11 is 7.84. The van der Waals surface area contributed by atoms with Gasteiger partial charge in [-0.15, -0.1) is 0 Å². The summed E-state index contributed by atoms with van der Waals surface area (Å²) in [5.41, 5.74) is 0.846. The summed E-state index contributed by atoms with van der Waals surface area (Å²) in [5.74, 6) is -0.300. The van der Waals surface area contributed by atoms with E-state index in [-0.39, 0.29) is 11.7 Å². The number of rotatable bonds is 3. The maximum atomic E-state index is 13.0. The number of ether oxygens (including phenoxy) is 1. The number of carbonyl (C=O) groups excluding carboxylic acids is 1. The molecule has 0 fully saturated rings. The monoisotopic (exact) mass is 405 g/mol. The van der Waals surface area contributed by atoms with Crippen molar-refractivity contribution in [3.8, 4) is 5.75 Å². The molecule has 1 N–H and O–H groups in total. The molecule has 0 aromatic heterocycles. The Bertz CT molecular complexity index is 664. The van der Waals surface area contributed by atoms with Gasteiger partial charge < -0.3 is 10.1 Å². The molecule has 0 atom stereocenters. The van der Waals surface area contributed by atoms with E-state index < -0.39 is 0 Å². The minimum Gasteiger partial charge on any atom is -0.496 e. The lowest BCUT2D eigenvalue weighted by atomic mass is 10.2. The zero-order valence-electron chi connectivity index (χ0n) is 10.4.